The zero-order valence-corrected chi connectivity index (χ0v) is 17.8. The maximum absolute atomic E-state index is 12.7. The molecule has 9 heteroatoms. The van der Waals surface area contributed by atoms with Crippen LogP contribution in [0.15, 0.2) is 29.0 Å². The molecule has 9 nitrogen and oxygen atoms in total. The number of piperidine rings is 1. The van der Waals surface area contributed by atoms with Crippen LogP contribution in [0.2, 0.25) is 0 Å². The molecule has 4 heterocycles. The number of aromatic nitrogens is 3. The van der Waals surface area contributed by atoms with Crippen LogP contribution < -0.4 is 5.32 Å². The second-order valence-corrected chi connectivity index (χ2v) is 9.19. The summed E-state index contributed by atoms with van der Waals surface area (Å²) in [5, 5.41) is 6.88. The van der Waals surface area contributed by atoms with Gasteiger partial charge in [0.05, 0.1) is 24.5 Å². The molecule has 1 N–H and O–H groups in total. The lowest BCUT2D eigenvalue weighted by Crippen LogP contribution is -2.45. The SMILES string of the molecule is Cc1noc(C2CC3(CCN(C(=O)C4CC4)CC3)CN2CC(=O)Nc2cccnc2)n1. The van der Waals surface area contributed by atoms with E-state index in [-0.39, 0.29) is 29.8 Å². The first-order chi connectivity index (χ1) is 15.0. The number of hydrogen-bond donors (Lipinski definition) is 1. The molecule has 0 bridgehead atoms. The van der Waals surface area contributed by atoms with Gasteiger partial charge in [0.2, 0.25) is 17.7 Å². The molecule has 2 aromatic heterocycles. The van der Waals surface area contributed by atoms with Crippen molar-refractivity contribution in [2.24, 2.45) is 11.3 Å². The molecule has 1 spiro atoms. The van der Waals surface area contributed by atoms with E-state index in [0.717, 1.165) is 51.7 Å². The number of carbonyl (C=O) groups is 2. The number of likely N-dealkylation sites (tertiary alicyclic amines) is 2. The Hall–Kier alpha value is -2.81. The zero-order chi connectivity index (χ0) is 21.4. The Morgan fingerprint density at radius 1 is 1.29 bits per heavy atom. The van der Waals surface area contributed by atoms with Crippen LogP contribution in [-0.4, -0.2) is 62.9 Å². The van der Waals surface area contributed by atoms with Crippen molar-refractivity contribution in [3.8, 4) is 0 Å². The lowest BCUT2D eigenvalue weighted by molar-refractivity contribution is -0.134. The number of anilines is 1. The van der Waals surface area contributed by atoms with E-state index in [0.29, 0.717) is 23.3 Å². The van der Waals surface area contributed by atoms with Crippen LogP contribution in [-0.2, 0) is 9.59 Å². The summed E-state index contributed by atoms with van der Waals surface area (Å²) < 4.78 is 5.50. The van der Waals surface area contributed by atoms with Gasteiger partial charge < -0.3 is 14.7 Å². The van der Waals surface area contributed by atoms with Crippen molar-refractivity contribution in [1.29, 1.82) is 0 Å². The van der Waals surface area contributed by atoms with E-state index in [4.69, 9.17) is 4.52 Å². The van der Waals surface area contributed by atoms with Crippen LogP contribution >= 0.6 is 0 Å². The van der Waals surface area contributed by atoms with Crippen LogP contribution in [0.25, 0.3) is 0 Å². The number of amides is 2. The molecular weight excluding hydrogens is 396 g/mol. The van der Waals surface area contributed by atoms with Gasteiger partial charge in [-0.05, 0) is 56.6 Å². The molecule has 1 aliphatic carbocycles. The largest absolute Gasteiger partial charge is 0.342 e. The Morgan fingerprint density at radius 2 is 2.10 bits per heavy atom. The predicted octanol–water partition coefficient (Wildman–Crippen LogP) is 2.18. The molecule has 1 atom stereocenters. The van der Waals surface area contributed by atoms with Crippen molar-refractivity contribution < 1.29 is 14.1 Å². The van der Waals surface area contributed by atoms with Gasteiger partial charge in [0.15, 0.2) is 5.82 Å². The number of nitrogens with zero attached hydrogens (tertiary/aromatic N) is 5. The molecular formula is C22H28N6O3. The second kappa shape index (κ2) is 8.03. The first-order valence-electron chi connectivity index (χ1n) is 11.0. The molecule has 164 valence electrons. The summed E-state index contributed by atoms with van der Waals surface area (Å²) in [5.74, 6) is 1.66. The quantitative estimate of drug-likeness (QED) is 0.784. The molecule has 0 radical (unpaired) electrons. The average Bonchev–Trinajstić information content (AvgIpc) is 3.44. The monoisotopic (exact) mass is 424 g/mol. The molecule has 31 heavy (non-hydrogen) atoms. The minimum atomic E-state index is -0.0912. The van der Waals surface area contributed by atoms with E-state index < -0.39 is 0 Å². The highest BCUT2D eigenvalue weighted by Gasteiger charge is 2.49. The number of carbonyl (C=O) groups excluding carboxylic acids is 2. The first-order valence-corrected chi connectivity index (χ1v) is 11.0. The smallest absolute Gasteiger partial charge is 0.244 e. The highest BCUT2D eigenvalue weighted by molar-refractivity contribution is 5.92. The van der Waals surface area contributed by atoms with Crippen molar-refractivity contribution in [1.82, 2.24) is 24.9 Å². The normalized spacial score (nSPS) is 23.3. The van der Waals surface area contributed by atoms with Crippen LogP contribution in [0, 0.1) is 18.3 Å². The first kappa shape index (κ1) is 20.1. The van der Waals surface area contributed by atoms with E-state index in [1.165, 1.54) is 0 Å². The van der Waals surface area contributed by atoms with Crippen molar-refractivity contribution >= 4 is 17.5 Å². The Bertz CT molecular complexity index is 949. The summed E-state index contributed by atoms with van der Waals surface area (Å²) in [4.78, 5) is 37.9. The Labute approximate surface area is 181 Å². The fourth-order valence-corrected chi connectivity index (χ4v) is 4.98. The van der Waals surface area contributed by atoms with Gasteiger partial charge in [-0.3, -0.25) is 19.5 Å². The fraction of sp³-hybridized carbons (Fsp3) is 0.591. The van der Waals surface area contributed by atoms with Crippen LogP contribution in [0.3, 0.4) is 0 Å². The Balaban J connectivity index is 1.28. The third-order valence-electron chi connectivity index (χ3n) is 6.79. The second-order valence-electron chi connectivity index (χ2n) is 9.19. The molecule has 2 aromatic rings. The van der Waals surface area contributed by atoms with Crippen molar-refractivity contribution in [2.75, 3.05) is 31.5 Å². The molecule has 1 unspecified atom stereocenters. The van der Waals surface area contributed by atoms with Gasteiger partial charge in [-0.2, -0.15) is 4.98 Å². The molecule has 2 aliphatic heterocycles. The Kier molecular flexibility index (Phi) is 5.21. The van der Waals surface area contributed by atoms with Gasteiger partial charge >= 0.3 is 0 Å². The summed E-state index contributed by atoms with van der Waals surface area (Å²) in [5.41, 5.74) is 0.737. The van der Waals surface area contributed by atoms with Gasteiger partial charge in [0.1, 0.15) is 0 Å². The third-order valence-corrected chi connectivity index (χ3v) is 6.79. The maximum atomic E-state index is 12.7. The van der Waals surface area contributed by atoms with Gasteiger partial charge in [-0.15, -0.1) is 0 Å². The molecule has 3 aliphatic rings. The average molecular weight is 425 g/mol. The standard InChI is InChI=1S/C22H28N6O3/c1-15-24-20(31-26-15)18-11-22(6-9-27(10-7-22)21(30)16-4-5-16)14-28(18)13-19(29)25-17-3-2-8-23-12-17/h2-3,8,12,16,18H,4-7,9-11,13-14H2,1H3,(H,25,29). The van der Waals surface area contributed by atoms with Crippen molar-refractivity contribution in [3.05, 3.63) is 36.2 Å². The zero-order valence-electron chi connectivity index (χ0n) is 17.8. The highest BCUT2D eigenvalue weighted by Crippen LogP contribution is 2.49. The molecule has 3 fully saturated rings. The van der Waals surface area contributed by atoms with Gasteiger partial charge in [0.25, 0.3) is 0 Å². The number of rotatable bonds is 5. The van der Waals surface area contributed by atoms with E-state index in [1.807, 2.05) is 11.0 Å². The summed E-state index contributed by atoms with van der Waals surface area (Å²) in [6, 6.07) is 3.52. The summed E-state index contributed by atoms with van der Waals surface area (Å²) in [6.07, 6.45) is 8.13. The molecule has 1 saturated carbocycles. The lowest BCUT2D eigenvalue weighted by atomic mass is 9.76. The molecule has 2 saturated heterocycles. The highest BCUT2D eigenvalue weighted by atomic mass is 16.5. The minimum Gasteiger partial charge on any atom is -0.342 e. The van der Waals surface area contributed by atoms with Crippen molar-refractivity contribution in [2.45, 2.75) is 45.1 Å². The van der Waals surface area contributed by atoms with Gasteiger partial charge in [-0.25, -0.2) is 0 Å². The number of hydrogen-bond acceptors (Lipinski definition) is 7. The lowest BCUT2D eigenvalue weighted by Gasteiger charge is -2.39. The molecule has 0 aromatic carbocycles. The fourth-order valence-electron chi connectivity index (χ4n) is 4.98. The third kappa shape index (κ3) is 4.32. The van der Waals surface area contributed by atoms with E-state index in [1.54, 1.807) is 25.4 Å². The summed E-state index contributed by atoms with van der Waals surface area (Å²) in [7, 11) is 0. The van der Waals surface area contributed by atoms with E-state index in [2.05, 4.69) is 25.3 Å². The summed E-state index contributed by atoms with van der Waals surface area (Å²) >= 11 is 0. The Morgan fingerprint density at radius 3 is 2.74 bits per heavy atom. The topological polar surface area (TPSA) is 104 Å². The number of aryl methyl sites for hydroxylation is 1. The molecule has 2 amide bonds. The van der Waals surface area contributed by atoms with Crippen LogP contribution in [0.4, 0.5) is 5.69 Å². The van der Waals surface area contributed by atoms with E-state index in [9.17, 15) is 9.59 Å². The maximum Gasteiger partial charge on any atom is 0.244 e. The van der Waals surface area contributed by atoms with Gasteiger partial charge in [0, 0.05) is 31.7 Å². The number of nitrogens with one attached hydrogen (secondary N) is 1. The minimum absolute atomic E-state index is 0.0575. The van der Waals surface area contributed by atoms with Crippen molar-refractivity contribution in [3.63, 3.8) is 0 Å². The van der Waals surface area contributed by atoms with Crippen LogP contribution in [0.5, 0.6) is 0 Å². The van der Waals surface area contributed by atoms with Crippen LogP contribution in [0.1, 0.15) is 49.9 Å². The van der Waals surface area contributed by atoms with Gasteiger partial charge in [-0.1, -0.05) is 5.16 Å². The number of pyridine rings is 1. The summed E-state index contributed by atoms with van der Waals surface area (Å²) in [6.45, 7) is 4.42. The predicted molar refractivity (Wildman–Crippen MR) is 112 cm³/mol. The molecule has 5 rings (SSSR count). The van der Waals surface area contributed by atoms with E-state index >= 15 is 0 Å².